The van der Waals surface area contributed by atoms with Gasteiger partial charge in [-0.25, -0.2) is 0 Å². The van der Waals surface area contributed by atoms with Crippen LogP contribution in [0.3, 0.4) is 0 Å². The van der Waals surface area contributed by atoms with Gasteiger partial charge in [-0.1, -0.05) is 17.7 Å². The normalized spacial score (nSPS) is 21.6. The number of aryl methyl sites for hydroxylation is 1. The van der Waals surface area contributed by atoms with Crippen molar-refractivity contribution in [3.63, 3.8) is 0 Å². The predicted molar refractivity (Wildman–Crippen MR) is 103 cm³/mol. The van der Waals surface area contributed by atoms with E-state index in [0.717, 1.165) is 47.3 Å². The maximum atomic E-state index is 6.44. The summed E-state index contributed by atoms with van der Waals surface area (Å²) in [6.07, 6.45) is 2.73. The van der Waals surface area contributed by atoms with Crippen LogP contribution in [0.5, 0.6) is 0 Å². The number of rotatable bonds is 3. The molecule has 2 aromatic rings. The largest absolute Gasteiger partial charge is 0.298 e. The smallest absolute Gasteiger partial charge is 0.0858 e. The van der Waals surface area contributed by atoms with E-state index in [9.17, 15) is 0 Å². The molecule has 0 spiro atoms. The molecule has 4 rings (SSSR count). The fourth-order valence-corrected chi connectivity index (χ4v) is 5.37. The van der Waals surface area contributed by atoms with Gasteiger partial charge in [0.1, 0.15) is 0 Å². The molecule has 0 aliphatic carbocycles. The Balaban J connectivity index is 1.42. The van der Waals surface area contributed by atoms with Crippen LogP contribution in [-0.4, -0.2) is 63.3 Å². The van der Waals surface area contributed by atoms with Gasteiger partial charge in [-0.15, -0.1) is 0 Å². The highest BCUT2D eigenvalue weighted by Crippen LogP contribution is 2.28. The van der Waals surface area contributed by atoms with Gasteiger partial charge in [0.05, 0.1) is 16.2 Å². The number of benzene rings is 1. The summed E-state index contributed by atoms with van der Waals surface area (Å²) in [5.41, 5.74) is 2.23. The Morgan fingerprint density at radius 1 is 1.17 bits per heavy atom. The van der Waals surface area contributed by atoms with Crippen LogP contribution in [0.25, 0.3) is 10.9 Å². The monoisotopic (exact) mass is 364 g/mol. The van der Waals surface area contributed by atoms with E-state index in [1.165, 1.54) is 37.4 Å². The lowest BCUT2D eigenvalue weighted by atomic mass is 10.1. The summed E-state index contributed by atoms with van der Waals surface area (Å²) < 4.78 is 1.95. The van der Waals surface area contributed by atoms with E-state index in [1.54, 1.807) is 0 Å². The first-order valence-electron chi connectivity index (χ1n) is 8.86. The van der Waals surface area contributed by atoms with E-state index in [-0.39, 0.29) is 0 Å². The van der Waals surface area contributed by atoms with Crippen molar-refractivity contribution in [2.24, 2.45) is 7.05 Å². The zero-order valence-electron chi connectivity index (χ0n) is 14.2. The summed E-state index contributed by atoms with van der Waals surface area (Å²) in [6.45, 7) is 5.54. The second-order valence-electron chi connectivity index (χ2n) is 6.86. The number of thioether (sulfide) groups is 1. The van der Waals surface area contributed by atoms with E-state index in [0.29, 0.717) is 0 Å². The number of aromatic nitrogens is 2. The number of nitrogens with zero attached hydrogens (tertiary/aromatic N) is 4. The molecule has 3 heterocycles. The molecular weight excluding hydrogens is 340 g/mol. The first-order valence-corrected chi connectivity index (χ1v) is 10.4. The molecule has 4 nitrogen and oxygen atoms in total. The summed E-state index contributed by atoms with van der Waals surface area (Å²) in [4.78, 5) is 5.24. The van der Waals surface area contributed by atoms with Gasteiger partial charge >= 0.3 is 0 Å². The molecule has 6 heteroatoms. The molecule has 0 atom stereocenters. The van der Waals surface area contributed by atoms with Crippen molar-refractivity contribution >= 4 is 34.3 Å². The average molecular weight is 365 g/mol. The van der Waals surface area contributed by atoms with Gasteiger partial charge in [-0.3, -0.25) is 14.5 Å². The molecule has 0 radical (unpaired) electrons. The molecule has 0 unspecified atom stereocenters. The predicted octanol–water partition coefficient (Wildman–Crippen LogP) is 3.24. The van der Waals surface area contributed by atoms with Gasteiger partial charge in [0, 0.05) is 51.2 Å². The summed E-state index contributed by atoms with van der Waals surface area (Å²) in [5, 5.41) is 6.66. The lowest BCUT2D eigenvalue weighted by molar-refractivity contribution is 0.0874. The minimum absolute atomic E-state index is 0.814. The molecule has 0 saturated carbocycles. The SMILES string of the molecule is Cn1nc(CN2CCN(C3CCSCC3)CC2)c2c(Cl)cccc21. The topological polar surface area (TPSA) is 24.3 Å². The number of fused-ring (bicyclic) bond motifs is 1. The van der Waals surface area contributed by atoms with Gasteiger partial charge in [-0.05, 0) is 36.5 Å². The third kappa shape index (κ3) is 3.32. The standard InChI is InChI=1S/C18H25ClN4S/c1-21-17-4-2-3-15(19)18(17)16(20-21)13-22-7-9-23(10-8-22)14-5-11-24-12-6-14/h2-4,14H,5-13H2,1H3. The van der Waals surface area contributed by atoms with Crippen LogP contribution in [-0.2, 0) is 13.6 Å². The molecule has 2 aliphatic heterocycles. The maximum absolute atomic E-state index is 6.44. The van der Waals surface area contributed by atoms with Gasteiger partial charge in [-0.2, -0.15) is 16.9 Å². The molecule has 0 amide bonds. The van der Waals surface area contributed by atoms with Crippen molar-refractivity contribution < 1.29 is 0 Å². The maximum Gasteiger partial charge on any atom is 0.0858 e. The molecule has 24 heavy (non-hydrogen) atoms. The molecule has 0 bridgehead atoms. The van der Waals surface area contributed by atoms with E-state index in [4.69, 9.17) is 16.7 Å². The Morgan fingerprint density at radius 3 is 2.67 bits per heavy atom. The third-order valence-corrected chi connectivity index (χ3v) is 6.75. The van der Waals surface area contributed by atoms with Crippen molar-refractivity contribution in [2.75, 3.05) is 37.7 Å². The first-order chi connectivity index (χ1) is 11.7. The molecular formula is C18H25ClN4S. The summed E-state index contributed by atoms with van der Waals surface area (Å²) in [7, 11) is 2.00. The van der Waals surface area contributed by atoms with Crippen LogP contribution in [0.1, 0.15) is 18.5 Å². The third-order valence-electron chi connectivity index (χ3n) is 5.39. The minimum Gasteiger partial charge on any atom is -0.298 e. The van der Waals surface area contributed by atoms with Crippen molar-refractivity contribution in [3.05, 3.63) is 28.9 Å². The van der Waals surface area contributed by atoms with Crippen LogP contribution >= 0.6 is 23.4 Å². The van der Waals surface area contributed by atoms with Crippen LogP contribution in [0, 0.1) is 0 Å². The lowest BCUT2D eigenvalue weighted by Crippen LogP contribution is -2.50. The number of halogens is 1. The van der Waals surface area contributed by atoms with Crippen LogP contribution in [0.15, 0.2) is 18.2 Å². The van der Waals surface area contributed by atoms with Crippen LogP contribution in [0.2, 0.25) is 5.02 Å². The zero-order valence-corrected chi connectivity index (χ0v) is 15.8. The van der Waals surface area contributed by atoms with Crippen molar-refractivity contribution in [3.8, 4) is 0 Å². The Bertz CT molecular complexity index is 702. The Labute approximate surface area is 153 Å². The second kappa shape index (κ2) is 7.24. The summed E-state index contributed by atoms with van der Waals surface area (Å²) in [5.74, 6) is 2.67. The molecule has 1 aromatic carbocycles. The Morgan fingerprint density at radius 2 is 1.92 bits per heavy atom. The highest BCUT2D eigenvalue weighted by Gasteiger charge is 2.26. The molecule has 2 fully saturated rings. The van der Waals surface area contributed by atoms with Crippen molar-refractivity contribution in [1.29, 1.82) is 0 Å². The van der Waals surface area contributed by atoms with E-state index >= 15 is 0 Å². The lowest BCUT2D eigenvalue weighted by Gasteiger charge is -2.40. The highest BCUT2D eigenvalue weighted by atomic mass is 35.5. The first kappa shape index (κ1) is 16.7. The minimum atomic E-state index is 0.814. The second-order valence-corrected chi connectivity index (χ2v) is 8.49. The average Bonchev–Trinajstić information content (AvgIpc) is 2.93. The molecule has 130 valence electrons. The van der Waals surface area contributed by atoms with E-state index in [1.807, 2.05) is 23.9 Å². The van der Waals surface area contributed by atoms with Gasteiger partial charge in [0.2, 0.25) is 0 Å². The molecule has 1 aromatic heterocycles. The van der Waals surface area contributed by atoms with Crippen LogP contribution in [0.4, 0.5) is 0 Å². The molecule has 2 aliphatic rings. The summed E-state index contributed by atoms with van der Waals surface area (Å²) in [6, 6.07) is 6.88. The van der Waals surface area contributed by atoms with Crippen molar-refractivity contribution in [2.45, 2.75) is 25.4 Å². The van der Waals surface area contributed by atoms with Crippen molar-refractivity contribution in [1.82, 2.24) is 19.6 Å². The number of hydrogen-bond acceptors (Lipinski definition) is 4. The van der Waals surface area contributed by atoms with Gasteiger partial charge in [0.15, 0.2) is 0 Å². The molecule has 2 saturated heterocycles. The Hall–Kier alpha value is -0.750. The Kier molecular flexibility index (Phi) is 5.04. The van der Waals surface area contributed by atoms with E-state index in [2.05, 4.69) is 27.6 Å². The fraction of sp³-hybridized carbons (Fsp3) is 0.611. The van der Waals surface area contributed by atoms with Gasteiger partial charge in [0.25, 0.3) is 0 Å². The zero-order chi connectivity index (χ0) is 16.5. The fourth-order valence-electron chi connectivity index (χ4n) is 4.01. The van der Waals surface area contributed by atoms with E-state index < -0.39 is 0 Å². The van der Waals surface area contributed by atoms with Crippen LogP contribution < -0.4 is 0 Å². The number of piperazine rings is 1. The quantitative estimate of drug-likeness (QED) is 0.834. The summed E-state index contributed by atoms with van der Waals surface area (Å²) >= 11 is 8.55. The highest BCUT2D eigenvalue weighted by molar-refractivity contribution is 7.99. The number of hydrogen-bond donors (Lipinski definition) is 0. The van der Waals surface area contributed by atoms with Gasteiger partial charge < -0.3 is 0 Å². The molecule has 0 N–H and O–H groups in total.